The summed E-state index contributed by atoms with van der Waals surface area (Å²) in [4.78, 5) is 12.1. The van der Waals surface area contributed by atoms with Gasteiger partial charge in [-0.3, -0.25) is 4.79 Å². The largest absolute Gasteiger partial charge is 0.319 e. The summed E-state index contributed by atoms with van der Waals surface area (Å²) >= 11 is 0. The first-order chi connectivity index (χ1) is 10.6. The Labute approximate surface area is 125 Å². The monoisotopic (exact) mass is 299 g/mol. The molecule has 1 N–H and O–H groups in total. The minimum atomic E-state index is -0.818. The van der Waals surface area contributed by atoms with Gasteiger partial charge in [0, 0.05) is 24.0 Å². The van der Waals surface area contributed by atoms with Crippen LogP contribution < -0.4 is 5.32 Å². The van der Waals surface area contributed by atoms with Crippen molar-refractivity contribution in [3.05, 3.63) is 78.1 Å². The Morgan fingerprint density at radius 3 is 2.50 bits per heavy atom. The standard InChI is InChI=1S/C16H11F2N3O/c17-12-4-7-15(14(18)10-12)20-16(22)11-2-5-13(6-3-11)21-9-1-8-19-21/h1-10H,(H,20,22). The highest BCUT2D eigenvalue weighted by atomic mass is 19.1. The molecule has 1 heterocycles. The van der Waals surface area contributed by atoms with Gasteiger partial charge in [0.05, 0.1) is 11.4 Å². The van der Waals surface area contributed by atoms with Crippen LogP contribution in [0.25, 0.3) is 5.69 Å². The van der Waals surface area contributed by atoms with Crippen LogP contribution in [0.4, 0.5) is 14.5 Å². The SMILES string of the molecule is O=C(Nc1ccc(F)cc1F)c1ccc(-n2cccn2)cc1. The smallest absolute Gasteiger partial charge is 0.255 e. The minimum absolute atomic E-state index is 0.0671. The Balaban J connectivity index is 1.77. The molecular weight excluding hydrogens is 288 g/mol. The fraction of sp³-hybridized carbons (Fsp3) is 0. The molecule has 1 aromatic heterocycles. The molecule has 0 aliphatic heterocycles. The second kappa shape index (κ2) is 5.77. The van der Waals surface area contributed by atoms with Gasteiger partial charge in [-0.05, 0) is 42.5 Å². The van der Waals surface area contributed by atoms with E-state index in [9.17, 15) is 13.6 Å². The Morgan fingerprint density at radius 1 is 1.09 bits per heavy atom. The van der Waals surface area contributed by atoms with Crippen molar-refractivity contribution in [3.8, 4) is 5.69 Å². The Kier molecular flexibility index (Phi) is 3.65. The summed E-state index contributed by atoms with van der Waals surface area (Å²) in [5.41, 5.74) is 1.09. The van der Waals surface area contributed by atoms with Gasteiger partial charge in [0.1, 0.15) is 11.6 Å². The molecule has 22 heavy (non-hydrogen) atoms. The molecule has 110 valence electrons. The minimum Gasteiger partial charge on any atom is -0.319 e. The summed E-state index contributed by atoms with van der Waals surface area (Å²) in [5, 5.41) is 6.48. The second-order valence-corrected chi connectivity index (χ2v) is 4.58. The predicted octanol–water partition coefficient (Wildman–Crippen LogP) is 3.40. The molecule has 0 saturated heterocycles. The number of nitrogens with zero attached hydrogens (tertiary/aromatic N) is 2. The summed E-state index contributed by atoms with van der Waals surface area (Å²) < 4.78 is 28.0. The first kappa shape index (κ1) is 13.9. The zero-order valence-electron chi connectivity index (χ0n) is 11.3. The summed E-state index contributed by atoms with van der Waals surface area (Å²) in [6.07, 6.45) is 3.43. The second-order valence-electron chi connectivity index (χ2n) is 4.58. The van der Waals surface area contributed by atoms with Gasteiger partial charge in [-0.2, -0.15) is 5.10 Å². The predicted molar refractivity (Wildman–Crippen MR) is 77.9 cm³/mol. The van der Waals surface area contributed by atoms with Gasteiger partial charge in [-0.15, -0.1) is 0 Å². The van der Waals surface area contributed by atoms with Crippen LogP contribution >= 0.6 is 0 Å². The van der Waals surface area contributed by atoms with Gasteiger partial charge in [-0.1, -0.05) is 0 Å². The maximum absolute atomic E-state index is 13.5. The number of aromatic nitrogens is 2. The Bertz CT molecular complexity index is 799. The lowest BCUT2D eigenvalue weighted by molar-refractivity contribution is 0.102. The molecule has 1 amide bonds. The lowest BCUT2D eigenvalue weighted by atomic mass is 10.2. The average Bonchev–Trinajstić information content (AvgIpc) is 3.04. The fourth-order valence-electron chi connectivity index (χ4n) is 1.97. The number of carbonyl (C=O) groups excluding carboxylic acids is 1. The van der Waals surface area contributed by atoms with Crippen LogP contribution in [0.1, 0.15) is 10.4 Å². The van der Waals surface area contributed by atoms with Crippen LogP contribution in [0.3, 0.4) is 0 Å². The number of anilines is 1. The average molecular weight is 299 g/mol. The number of halogens is 2. The molecule has 4 nitrogen and oxygen atoms in total. The molecule has 0 saturated carbocycles. The van der Waals surface area contributed by atoms with E-state index in [0.717, 1.165) is 17.8 Å². The van der Waals surface area contributed by atoms with Gasteiger partial charge in [0.2, 0.25) is 0 Å². The molecule has 0 bridgehead atoms. The first-order valence-electron chi connectivity index (χ1n) is 6.50. The number of rotatable bonds is 3. The lowest BCUT2D eigenvalue weighted by Gasteiger charge is -2.07. The van der Waals surface area contributed by atoms with E-state index in [1.54, 1.807) is 47.4 Å². The van der Waals surface area contributed by atoms with Crippen molar-refractivity contribution >= 4 is 11.6 Å². The third-order valence-corrected chi connectivity index (χ3v) is 3.08. The Hall–Kier alpha value is -3.02. The summed E-state index contributed by atoms with van der Waals surface area (Å²) in [7, 11) is 0. The molecule has 0 radical (unpaired) electrons. The van der Waals surface area contributed by atoms with Gasteiger partial charge in [0.25, 0.3) is 5.91 Å². The van der Waals surface area contributed by atoms with Crippen molar-refractivity contribution < 1.29 is 13.6 Å². The van der Waals surface area contributed by atoms with E-state index in [2.05, 4.69) is 10.4 Å². The topological polar surface area (TPSA) is 46.9 Å². The zero-order chi connectivity index (χ0) is 15.5. The third kappa shape index (κ3) is 2.85. The maximum atomic E-state index is 13.5. The van der Waals surface area contributed by atoms with E-state index < -0.39 is 17.5 Å². The summed E-state index contributed by atoms with van der Waals surface area (Å²) in [6, 6.07) is 11.4. The van der Waals surface area contributed by atoms with Crippen LogP contribution in [0, 0.1) is 11.6 Å². The zero-order valence-corrected chi connectivity index (χ0v) is 11.3. The third-order valence-electron chi connectivity index (χ3n) is 3.08. The van der Waals surface area contributed by atoms with Crippen LogP contribution in [0.15, 0.2) is 60.9 Å². The number of amides is 1. The molecule has 0 unspecified atom stereocenters. The normalized spacial score (nSPS) is 10.5. The molecule has 0 aliphatic rings. The molecule has 0 fully saturated rings. The molecule has 0 atom stereocenters. The highest BCUT2D eigenvalue weighted by Gasteiger charge is 2.10. The summed E-state index contributed by atoms with van der Waals surface area (Å²) in [5.74, 6) is -1.99. The number of hydrogen-bond acceptors (Lipinski definition) is 2. The van der Waals surface area contributed by atoms with Crippen LogP contribution in [-0.4, -0.2) is 15.7 Å². The molecule has 6 heteroatoms. The van der Waals surface area contributed by atoms with Crippen LogP contribution in [-0.2, 0) is 0 Å². The number of nitrogens with one attached hydrogen (secondary N) is 1. The van der Waals surface area contributed by atoms with E-state index in [-0.39, 0.29) is 5.69 Å². The first-order valence-corrected chi connectivity index (χ1v) is 6.50. The van der Waals surface area contributed by atoms with Crippen molar-refractivity contribution in [3.63, 3.8) is 0 Å². The highest BCUT2D eigenvalue weighted by Crippen LogP contribution is 2.16. The van der Waals surface area contributed by atoms with Crippen molar-refractivity contribution in [2.24, 2.45) is 0 Å². The molecule has 3 aromatic rings. The number of carbonyl (C=O) groups is 1. The summed E-state index contributed by atoms with van der Waals surface area (Å²) in [6.45, 7) is 0. The molecule has 2 aromatic carbocycles. The van der Waals surface area contributed by atoms with E-state index in [0.29, 0.717) is 5.56 Å². The highest BCUT2D eigenvalue weighted by molar-refractivity contribution is 6.04. The Morgan fingerprint density at radius 2 is 1.86 bits per heavy atom. The molecule has 0 aliphatic carbocycles. The van der Waals surface area contributed by atoms with Gasteiger partial charge in [-0.25, -0.2) is 13.5 Å². The van der Waals surface area contributed by atoms with Crippen LogP contribution in [0.5, 0.6) is 0 Å². The van der Waals surface area contributed by atoms with E-state index >= 15 is 0 Å². The van der Waals surface area contributed by atoms with E-state index in [4.69, 9.17) is 0 Å². The number of hydrogen-bond donors (Lipinski definition) is 1. The molecule has 0 spiro atoms. The van der Waals surface area contributed by atoms with Crippen LogP contribution in [0.2, 0.25) is 0 Å². The van der Waals surface area contributed by atoms with Crippen molar-refractivity contribution in [1.29, 1.82) is 0 Å². The van der Waals surface area contributed by atoms with Crippen molar-refractivity contribution in [2.45, 2.75) is 0 Å². The molecule has 3 rings (SSSR count). The number of benzene rings is 2. The van der Waals surface area contributed by atoms with Gasteiger partial charge >= 0.3 is 0 Å². The molecular formula is C16H11F2N3O. The van der Waals surface area contributed by atoms with E-state index in [1.165, 1.54) is 6.07 Å². The van der Waals surface area contributed by atoms with Gasteiger partial charge < -0.3 is 5.32 Å². The fourth-order valence-corrected chi connectivity index (χ4v) is 1.97. The van der Waals surface area contributed by atoms with Crippen molar-refractivity contribution in [1.82, 2.24) is 9.78 Å². The van der Waals surface area contributed by atoms with Gasteiger partial charge in [0.15, 0.2) is 0 Å². The lowest BCUT2D eigenvalue weighted by Crippen LogP contribution is -2.13. The quantitative estimate of drug-likeness (QED) is 0.805. The van der Waals surface area contributed by atoms with E-state index in [1.807, 2.05) is 0 Å². The van der Waals surface area contributed by atoms with Crippen molar-refractivity contribution in [2.75, 3.05) is 5.32 Å². The maximum Gasteiger partial charge on any atom is 0.255 e.